The zero-order valence-electron chi connectivity index (χ0n) is 7.35. The van der Waals surface area contributed by atoms with Crippen LogP contribution in [0.3, 0.4) is 0 Å². The summed E-state index contributed by atoms with van der Waals surface area (Å²) in [7, 11) is 1.64. The van der Waals surface area contributed by atoms with Crippen LogP contribution in [-0.2, 0) is 0 Å². The van der Waals surface area contributed by atoms with Crippen molar-refractivity contribution in [3.05, 3.63) is 18.2 Å². The van der Waals surface area contributed by atoms with Crippen LogP contribution in [0.1, 0.15) is 0 Å². The highest BCUT2D eigenvalue weighted by atomic mass is 32.1. The summed E-state index contributed by atoms with van der Waals surface area (Å²) < 4.78 is 6.14. The van der Waals surface area contributed by atoms with Crippen LogP contribution in [0.5, 0.6) is 5.75 Å². The van der Waals surface area contributed by atoms with Crippen LogP contribution in [0, 0.1) is 0 Å². The molecule has 2 aromatic rings. The van der Waals surface area contributed by atoms with Gasteiger partial charge in [0.1, 0.15) is 5.75 Å². The number of hydrogen-bond acceptors (Lipinski definition) is 5. The molecule has 1 heterocycles. The number of nitrogens with zero attached hydrogens (tertiary/aromatic N) is 2. The maximum Gasteiger partial charge on any atom is 0.219 e. The van der Waals surface area contributed by atoms with E-state index in [2.05, 4.69) is 27.4 Å². The Kier molecular flexibility index (Phi) is 2.54. The smallest absolute Gasteiger partial charge is 0.219 e. The van der Waals surface area contributed by atoms with E-state index in [1.807, 2.05) is 18.2 Å². The first-order valence-electron chi connectivity index (χ1n) is 3.86. The average Bonchev–Trinajstić information content (AvgIpc) is 2.59. The molecule has 70 valence electrons. The van der Waals surface area contributed by atoms with Gasteiger partial charge in [-0.15, -0.1) is 0 Å². The SMILES string of the molecule is COc1ccc2nc(N=C=S)sc2c1. The molecule has 5 heteroatoms. The third-order valence-electron chi connectivity index (χ3n) is 1.73. The summed E-state index contributed by atoms with van der Waals surface area (Å²) >= 11 is 5.98. The molecule has 14 heavy (non-hydrogen) atoms. The molecule has 0 aliphatic rings. The van der Waals surface area contributed by atoms with Gasteiger partial charge in [-0.3, -0.25) is 0 Å². The molecule has 0 radical (unpaired) electrons. The lowest BCUT2D eigenvalue weighted by atomic mass is 10.3. The van der Waals surface area contributed by atoms with Gasteiger partial charge < -0.3 is 4.74 Å². The molecule has 0 aliphatic carbocycles. The minimum absolute atomic E-state index is 0.628. The van der Waals surface area contributed by atoms with Crippen molar-refractivity contribution in [3.8, 4) is 5.75 Å². The van der Waals surface area contributed by atoms with Crippen molar-refractivity contribution in [1.29, 1.82) is 0 Å². The highest BCUT2D eigenvalue weighted by molar-refractivity contribution is 7.78. The molecule has 2 rings (SSSR count). The van der Waals surface area contributed by atoms with Crippen LogP contribution in [0.15, 0.2) is 23.2 Å². The molecule has 1 aromatic carbocycles. The van der Waals surface area contributed by atoms with Gasteiger partial charge in [-0.1, -0.05) is 11.3 Å². The van der Waals surface area contributed by atoms with Crippen LogP contribution in [0.2, 0.25) is 0 Å². The fourth-order valence-corrected chi connectivity index (χ4v) is 2.08. The lowest BCUT2D eigenvalue weighted by Gasteiger charge is -1.96. The number of benzene rings is 1. The predicted molar refractivity (Wildman–Crippen MR) is 60.9 cm³/mol. The number of aliphatic imine (C=N–C) groups is 1. The molecular formula is C9H6N2OS2. The van der Waals surface area contributed by atoms with Crippen molar-refractivity contribution < 1.29 is 4.74 Å². The Morgan fingerprint density at radius 3 is 3.14 bits per heavy atom. The van der Waals surface area contributed by atoms with Crippen LogP contribution in [0.4, 0.5) is 5.13 Å². The average molecular weight is 222 g/mol. The van der Waals surface area contributed by atoms with E-state index < -0.39 is 0 Å². The van der Waals surface area contributed by atoms with Crippen molar-refractivity contribution >= 4 is 44.1 Å². The van der Waals surface area contributed by atoms with Gasteiger partial charge in [0.2, 0.25) is 5.13 Å². The van der Waals surface area contributed by atoms with Crippen molar-refractivity contribution in [3.63, 3.8) is 0 Å². The number of aromatic nitrogens is 1. The van der Waals surface area contributed by atoms with Gasteiger partial charge in [0.15, 0.2) is 0 Å². The second-order valence-electron chi connectivity index (χ2n) is 2.53. The van der Waals surface area contributed by atoms with Crippen LogP contribution >= 0.6 is 23.6 Å². The van der Waals surface area contributed by atoms with Crippen LogP contribution in [0.25, 0.3) is 10.2 Å². The highest BCUT2D eigenvalue weighted by Gasteiger charge is 2.03. The third kappa shape index (κ3) is 1.65. The summed E-state index contributed by atoms with van der Waals surface area (Å²) in [4.78, 5) is 8.08. The summed E-state index contributed by atoms with van der Waals surface area (Å²) in [5, 5.41) is 2.93. The van der Waals surface area contributed by atoms with Gasteiger partial charge in [-0.05, 0) is 30.4 Å². The van der Waals surface area contributed by atoms with Gasteiger partial charge in [0.05, 0.1) is 22.5 Å². The van der Waals surface area contributed by atoms with Gasteiger partial charge in [-0.2, -0.15) is 4.99 Å². The van der Waals surface area contributed by atoms with Gasteiger partial charge in [0, 0.05) is 0 Å². The molecule has 0 atom stereocenters. The zero-order valence-corrected chi connectivity index (χ0v) is 8.98. The Labute approximate surface area is 90.1 Å². The molecule has 0 spiro atoms. The first-order chi connectivity index (χ1) is 6.83. The maximum absolute atomic E-state index is 5.10. The number of hydrogen-bond donors (Lipinski definition) is 0. The Morgan fingerprint density at radius 2 is 2.43 bits per heavy atom. The predicted octanol–water partition coefficient (Wildman–Crippen LogP) is 3.04. The Bertz CT molecular complexity index is 515. The van der Waals surface area contributed by atoms with E-state index in [4.69, 9.17) is 4.74 Å². The lowest BCUT2D eigenvalue weighted by molar-refractivity contribution is 0.415. The van der Waals surface area contributed by atoms with E-state index in [1.54, 1.807) is 7.11 Å². The summed E-state index contributed by atoms with van der Waals surface area (Å²) in [5.74, 6) is 0.819. The molecule has 0 fully saturated rings. The van der Waals surface area contributed by atoms with Crippen LogP contribution < -0.4 is 4.74 Å². The quantitative estimate of drug-likeness (QED) is 0.578. The van der Waals surface area contributed by atoms with E-state index in [-0.39, 0.29) is 0 Å². The van der Waals surface area contributed by atoms with Crippen molar-refractivity contribution in [2.75, 3.05) is 7.11 Å². The molecule has 0 saturated carbocycles. The second kappa shape index (κ2) is 3.84. The second-order valence-corrected chi connectivity index (χ2v) is 3.72. The summed E-state index contributed by atoms with van der Waals surface area (Å²) in [6.07, 6.45) is 0. The number of ether oxygens (including phenoxy) is 1. The van der Waals surface area contributed by atoms with Crippen molar-refractivity contribution in [2.24, 2.45) is 4.99 Å². The highest BCUT2D eigenvalue weighted by Crippen LogP contribution is 2.30. The Balaban J connectivity index is 2.59. The van der Waals surface area contributed by atoms with Gasteiger partial charge >= 0.3 is 0 Å². The van der Waals surface area contributed by atoms with E-state index in [1.165, 1.54) is 11.3 Å². The minimum Gasteiger partial charge on any atom is -0.497 e. The maximum atomic E-state index is 5.10. The first-order valence-corrected chi connectivity index (χ1v) is 5.08. The van der Waals surface area contributed by atoms with E-state index in [9.17, 15) is 0 Å². The van der Waals surface area contributed by atoms with Gasteiger partial charge in [0.25, 0.3) is 0 Å². The number of rotatable bonds is 2. The van der Waals surface area contributed by atoms with Crippen LogP contribution in [-0.4, -0.2) is 17.3 Å². The standard InChI is InChI=1S/C9H6N2OS2/c1-12-6-2-3-7-8(4-6)14-9(11-7)10-5-13/h2-4H,1H3. The molecular weight excluding hydrogens is 216 g/mol. The zero-order chi connectivity index (χ0) is 9.97. The number of methoxy groups -OCH3 is 1. The number of thiocarbonyl (C=S) groups is 1. The summed E-state index contributed by atoms with van der Waals surface area (Å²) in [5.41, 5.74) is 0.903. The number of isothiocyanates is 1. The van der Waals surface area contributed by atoms with E-state index in [0.717, 1.165) is 16.0 Å². The monoisotopic (exact) mass is 222 g/mol. The topological polar surface area (TPSA) is 34.5 Å². The summed E-state index contributed by atoms with van der Waals surface area (Å²) in [6.45, 7) is 0. The Hall–Kier alpha value is -1.29. The minimum atomic E-state index is 0.628. The molecule has 1 aromatic heterocycles. The fraction of sp³-hybridized carbons (Fsp3) is 0.111. The van der Waals surface area contributed by atoms with E-state index >= 15 is 0 Å². The lowest BCUT2D eigenvalue weighted by Crippen LogP contribution is -1.80. The number of thiazole rings is 1. The molecule has 0 aliphatic heterocycles. The molecule has 0 unspecified atom stereocenters. The van der Waals surface area contributed by atoms with Gasteiger partial charge in [-0.25, -0.2) is 4.98 Å². The fourth-order valence-electron chi connectivity index (χ4n) is 1.11. The summed E-state index contributed by atoms with van der Waals surface area (Å²) in [6, 6.07) is 5.69. The Morgan fingerprint density at radius 1 is 1.57 bits per heavy atom. The largest absolute Gasteiger partial charge is 0.497 e. The van der Waals surface area contributed by atoms with E-state index in [0.29, 0.717) is 5.13 Å². The molecule has 3 nitrogen and oxygen atoms in total. The first kappa shape index (κ1) is 9.27. The van der Waals surface area contributed by atoms with Crippen molar-refractivity contribution in [1.82, 2.24) is 4.98 Å². The normalized spacial score (nSPS) is 9.79. The number of fused-ring (bicyclic) bond motifs is 1. The molecule has 0 bridgehead atoms. The molecule has 0 amide bonds. The molecule has 0 saturated heterocycles. The molecule has 0 N–H and O–H groups in total. The van der Waals surface area contributed by atoms with Crippen molar-refractivity contribution in [2.45, 2.75) is 0 Å². The third-order valence-corrected chi connectivity index (χ3v) is 2.73.